The molecule has 132 valence electrons. The van der Waals surface area contributed by atoms with Gasteiger partial charge in [-0.15, -0.1) is 11.3 Å². The third-order valence-corrected chi connectivity index (χ3v) is 4.96. The molecule has 1 aromatic carbocycles. The van der Waals surface area contributed by atoms with Crippen LogP contribution in [0, 0.1) is 0 Å². The number of benzene rings is 1. The van der Waals surface area contributed by atoms with Gasteiger partial charge >= 0.3 is 0 Å². The molecule has 0 atom stereocenters. The lowest BCUT2D eigenvalue weighted by atomic mass is 10.1. The largest absolute Gasteiger partial charge is 0.279 e. The van der Waals surface area contributed by atoms with Gasteiger partial charge in [0.15, 0.2) is 0 Å². The van der Waals surface area contributed by atoms with Gasteiger partial charge in [0.05, 0.1) is 14.4 Å². The Morgan fingerprint density at radius 3 is 2.50 bits per heavy atom. The number of aromatic nitrogens is 2. The highest BCUT2D eigenvalue weighted by atomic mass is 79.9. The molecule has 0 saturated carbocycles. The smallest absolute Gasteiger partial charge is 0.271 e. The molecule has 0 fully saturated rings. The first-order valence-electron chi connectivity index (χ1n) is 7.51. The van der Waals surface area contributed by atoms with Gasteiger partial charge in [-0.3, -0.25) is 25.2 Å². The van der Waals surface area contributed by atoms with Crippen LogP contribution < -0.4 is 16.4 Å². The van der Waals surface area contributed by atoms with Crippen LogP contribution in [0.2, 0.25) is 0 Å². The van der Waals surface area contributed by atoms with Crippen LogP contribution in [0.4, 0.5) is 0 Å². The van der Waals surface area contributed by atoms with Gasteiger partial charge in [-0.2, -0.15) is 5.10 Å². The number of nitrogens with one attached hydrogen (secondary N) is 2. The van der Waals surface area contributed by atoms with Gasteiger partial charge in [0.2, 0.25) is 0 Å². The summed E-state index contributed by atoms with van der Waals surface area (Å²) in [7, 11) is 0. The van der Waals surface area contributed by atoms with Crippen LogP contribution in [0.3, 0.4) is 0 Å². The second kappa shape index (κ2) is 8.07. The second-order valence-corrected chi connectivity index (χ2v) is 7.65. The number of nitrogens with zero attached hydrogens (tertiary/aromatic N) is 2. The minimum absolute atomic E-state index is 0.312. The summed E-state index contributed by atoms with van der Waals surface area (Å²) in [4.78, 5) is 36.3. The van der Waals surface area contributed by atoms with E-state index in [1.807, 2.05) is 30.3 Å². The number of carbonyl (C=O) groups is 2. The fourth-order valence-corrected chi connectivity index (χ4v) is 3.41. The summed E-state index contributed by atoms with van der Waals surface area (Å²) in [6.45, 7) is -0.312. The second-order valence-electron chi connectivity index (χ2n) is 5.19. The Balaban J connectivity index is 1.65. The van der Waals surface area contributed by atoms with Crippen molar-refractivity contribution in [2.24, 2.45) is 0 Å². The molecule has 0 unspecified atom stereocenters. The molecule has 9 heteroatoms. The highest BCUT2D eigenvalue weighted by Crippen LogP contribution is 2.21. The minimum atomic E-state index is -0.561. The number of hydrazine groups is 1. The fourth-order valence-electron chi connectivity index (χ4n) is 2.13. The summed E-state index contributed by atoms with van der Waals surface area (Å²) in [5.74, 6) is -0.999. The van der Waals surface area contributed by atoms with Gasteiger partial charge in [-0.25, -0.2) is 4.68 Å². The third kappa shape index (κ3) is 4.44. The van der Waals surface area contributed by atoms with Crippen molar-refractivity contribution in [3.05, 3.63) is 73.6 Å². The van der Waals surface area contributed by atoms with Crippen molar-refractivity contribution >= 4 is 39.1 Å². The van der Waals surface area contributed by atoms with Crippen LogP contribution >= 0.6 is 27.3 Å². The zero-order chi connectivity index (χ0) is 18.5. The SMILES string of the molecule is O=C(Cn1nc(-c2ccccc2)ccc1=O)NNC(=O)c1ccc(Br)s1. The van der Waals surface area contributed by atoms with Gasteiger partial charge in [-0.05, 0) is 34.1 Å². The summed E-state index contributed by atoms with van der Waals surface area (Å²) in [6, 6.07) is 15.6. The van der Waals surface area contributed by atoms with Gasteiger partial charge in [-0.1, -0.05) is 30.3 Å². The molecule has 7 nitrogen and oxygen atoms in total. The molecule has 2 amide bonds. The Morgan fingerprint density at radius 2 is 1.81 bits per heavy atom. The molecule has 0 spiro atoms. The van der Waals surface area contributed by atoms with E-state index in [0.29, 0.717) is 10.6 Å². The van der Waals surface area contributed by atoms with Gasteiger partial charge < -0.3 is 0 Å². The maximum atomic E-state index is 12.0. The Hall–Kier alpha value is -2.78. The lowest BCUT2D eigenvalue weighted by Gasteiger charge is -2.09. The van der Waals surface area contributed by atoms with Crippen LogP contribution in [-0.4, -0.2) is 21.6 Å². The van der Waals surface area contributed by atoms with E-state index in [-0.39, 0.29) is 6.54 Å². The maximum Gasteiger partial charge on any atom is 0.279 e. The standard InChI is InChI=1S/C17H13BrN4O3S/c18-14-8-7-13(26-14)17(25)20-19-15(23)10-22-16(24)9-6-12(21-22)11-4-2-1-3-5-11/h1-9H,10H2,(H,19,23)(H,20,25). The molecule has 2 heterocycles. The van der Waals surface area contributed by atoms with Crippen LogP contribution in [-0.2, 0) is 11.3 Å². The van der Waals surface area contributed by atoms with Crippen LogP contribution in [0.15, 0.2) is 63.2 Å². The van der Waals surface area contributed by atoms with Crippen LogP contribution in [0.5, 0.6) is 0 Å². The first-order chi connectivity index (χ1) is 12.5. The first kappa shape index (κ1) is 18.0. The normalized spacial score (nSPS) is 10.3. The Bertz CT molecular complexity index is 1000. The fraction of sp³-hybridized carbons (Fsp3) is 0.0588. The molecule has 2 aromatic heterocycles. The zero-order valence-electron chi connectivity index (χ0n) is 13.3. The molecule has 0 aliphatic rings. The van der Waals surface area contributed by atoms with E-state index in [2.05, 4.69) is 31.9 Å². The molecular weight excluding hydrogens is 420 g/mol. The number of halogens is 1. The van der Waals surface area contributed by atoms with E-state index >= 15 is 0 Å². The summed E-state index contributed by atoms with van der Waals surface area (Å²) in [6.07, 6.45) is 0. The Labute approximate surface area is 160 Å². The molecular formula is C17H13BrN4O3S. The molecule has 3 rings (SSSR count). The van der Waals surface area contributed by atoms with E-state index < -0.39 is 17.4 Å². The van der Waals surface area contributed by atoms with Crippen molar-refractivity contribution in [2.45, 2.75) is 6.54 Å². The average molecular weight is 433 g/mol. The first-order valence-corrected chi connectivity index (χ1v) is 9.12. The highest BCUT2D eigenvalue weighted by Gasteiger charge is 2.11. The summed E-state index contributed by atoms with van der Waals surface area (Å²) in [5.41, 5.74) is 5.58. The predicted octanol–water partition coefficient (Wildman–Crippen LogP) is 2.20. The molecule has 2 N–H and O–H groups in total. The zero-order valence-corrected chi connectivity index (χ0v) is 15.7. The van der Waals surface area contributed by atoms with E-state index in [4.69, 9.17) is 0 Å². The van der Waals surface area contributed by atoms with Crippen molar-refractivity contribution < 1.29 is 9.59 Å². The number of carbonyl (C=O) groups excluding carboxylic acids is 2. The van der Waals surface area contributed by atoms with Crippen molar-refractivity contribution in [1.29, 1.82) is 0 Å². The van der Waals surface area contributed by atoms with Crippen molar-refractivity contribution in [3.8, 4) is 11.3 Å². The molecule has 0 aliphatic heterocycles. The average Bonchev–Trinajstić information content (AvgIpc) is 3.09. The number of rotatable bonds is 4. The summed E-state index contributed by atoms with van der Waals surface area (Å²) < 4.78 is 1.86. The summed E-state index contributed by atoms with van der Waals surface area (Å²) >= 11 is 4.50. The Morgan fingerprint density at radius 1 is 1.04 bits per heavy atom. The number of hydrogen-bond donors (Lipinski definition) is 2. The topological polar surface area (TPSA) is 93.1 Å². The van der Waals surface area contributed by atoms with Crippen molar-refractivity contribution in [3.63, 3.8) is 0 Å². The lowest BCUT2D eigenvalue weighted by Crippen LogP contribution is -2.44. The van der Waals surface area contributed by atoms with Crippen molar-refractivity contribution in [2.75, 3.05) is 0 Å². The molecule has 26 heavy (non-hydrogen) atoms. The Kier molecular flexibility index (Phi) is 5.59. The predicted molar refractivity (Wildman–Crippen MR) is 102 cm³/mol. The highest BCUT2D eigenvalue weighted by molar-refractivity contribution is 9.11. The number of amides is 2. The van der Waals surface area contributed by atoms with Gasteiger partial charge in [0.1, 0.15) is 6.54 Å². The van der Waals surface area contributed by atoms with E-state index in [0.717, 1.165) is 14.0 Å². The molecule has 0 bridgehead atoms. The molecule has 0 saturated heterocycles. The summed E-state index contributed by atoms with van der Waals surface area (Å²) in [5, 5.41) is 4.20. The molecule has 0 radical (unpaired) electrons. The van der Waals surface area contributed by atoms with E-state index in [1.54, 1.807) is 18.2 Å². The van der Waals surface area contributed by atoms with Crippen molar-refractivity contribution in [1.82, 2.24) is 20.6 Å². The van der Waals surface area contributed by atoms with Crippen LogP contribution in [0.1, 0.15) is 9.67 Å². The lowest BCUT2D eigenvalue weighted by molar-refractivity contribution is -0.122. The quantitative estimate of drug-likeness (QED) is 0.617. The monoisotopic (exact) mass is 432 g/mol. The number of hydrogen-bond acceptors (Lipinski definition) is 5. The van der Waals surface area contributed by atoms with Gasteiger partial charge in [0.25, 0.3) is 17.4 Å². The molecule has 3 aromatic rings. The minimum Gasteiger partial charge on any atom is -0.271 e. The van der Waals surface area contributed by atoms with Crippen LogP contribution in [0.25, 0.3) is 11.3 Å². The van der Waals surface area contributed by atoms with Gasteiger partial charge in [0, 0.05) is 11.6 Å². The van der Waals surface area contributed by atoms with E-state index in [1.165, 1.54) is 17.4 Å². The molecule has 0 aliphatic carbocycles. The number of thiophene rings is 1. The maximum absolute atomic E-state index is 12.0. The third-order valence-electron chi connectivity index (χ3n) is 3.34. The van der Waals surface area contributed by atoms with E-state index in [9.17, 15) is 14.4 Å².